The number of ether oxygens (including phenoxy) is 2. The van der Waals surface area contributed by atoms with Crippen LogP contribution in [0.25, 0.3) is 0 Å². The Kier molecular flexibility index (Phi) is 3.63. The van der Waals surface area contributed by atoms with Crippen LogP contribution >= 0.6 is 0 Å². The summed E-state index contributed by atoms with van der Waals surface area (Å²) in [5.41, 5.74) is 0. The van der Waals surface area contributed by atoms with Crippen LogP contribution in [0.15, 0.2) is 0 Å². The molecule has 7 nitrogen and oxygen atoms in total. The Bertz CT molecular complexity index is 647. The molecule has 0 N–H and O–H groups in total. The van der Waals surface area contributed by atoms with Crippen molar-refractivity contribution in [2.45, 2.75) is 30.4 Å². The van der Waals surface area contributed by atoms with Crippen molar-refractivity contribution in [3.63, 3.8) is 0 Å². The molecule has 1 heterocycles. The molecule has 130 valence electrons. The van der Waals surface area contributed by atoms with Gasteiger partial charge in [0.25, 0.3) is 0 Å². The molecule has 3 rings (SSSR count). The molecule has 0 radical (unpaired) electrons. The SMILES string of the molecule is O=C(OCC(F)C(F)(F)S(=O)(=O)[O-])C1C2CC3OC(=O)C1C3C2. The van der Waals surface area contributed by atoms with E-state index < -0.39 is 51.9 Å². The van der Waals surface area contributed by atoms with E-state index in [2.05, 4.69) is 4.74 Å². The van der Waals surface area contributed by atoms with Gasteiger partial charge in [0.05, 0.1) is 11.8 Å². The van der Waals surface area contributed by atoms with Crippen LogP contribution in [-0.2, 0) is 29.2 Å². The van der Waals surface area contributed by atoms with E-state index in [4.69, 9.17) is 4.74 Å². The van der Waals surface area contributed by atoms with Crippen molar-refractivity contribution < 1.29 is 45.2 Å². The first kappa shape index (κ1) is 16.5. The third-order valence-corrected chi connectivity index (χ3v) is 5.75. The topological polar surface area (TPSA) is 110 Å². The lowest BCUT2D eigenvalue weighted by Gasteiger charge is -2.25. The van der Waals surface area contributed by atoms with E-state index in [0.29, 0.717) is 12.8 Å². The number of carbonyl (C=O) groups is 2. The summed E-state index contributed by atoms with van der Waals surface area (Å²) in [5.74, 6) is -3.60. The normalized spacial score (nSPS) is 36.9. The van der Waals surface area contributed by atoms with Gasteiger partial charge < -0.3 is 14.0 Å². The standard InChI is InChI=1S/C12H13F3O7S/c13-7(12(14,15)23(18,19)20)3-21-10(16)8-4-1-5-6(2-4)22-11(17)9(5)8/h4-9H,1-3H2,(H,18,19,20)/p-1. The highest BCUT2D eigenvalue weighted by Crippen LogP contribution is 2.57. The summed E-state index contributed by atoms with van der Waals surface area (Å²) in [6, 6.07) is 0. The maximum Gasteiger partial charge on any atom is 0.368 e. The third-order valence-electron chi connectivity index (χ3n) is 4.83. The monoisotopic (exact) mass is 357 g/mol. The zero-order valence-electron chi connectivity index (χ0n) is 11.5. The first-order chi connectivity index (χ1) is 10.5. The Morgan fingerprint density at radius 1 is 1.43 bits per heavy atom. The molecule has 11 heteroatoms. The Labute approximate surface area is 128 Å². The summed E-state index contributed by atoms with van der Waals surface area (Å²) in [6.45, 7) is -1.58. The zero-order valence-corrected chi connectivity index (χ0v) is 12.3. The van der Waals surface area contributed by atoms with Crippen LogP contribution in [0.2, 0.25) is 0 Å². The molecule has 3 aliphatic rings. The molecule has 0 aromatic carbocycles. The van der Waals surface area contributed by atoms with Crippen molar-refractivity contribution >= 4 is 22.1 Å². The van der Waals surface area contributed by atoms with Gasteiger partial charge in [-0.2, -0.15) is 8.78 Å². The fraction of sp³-hybridized carbons (Fsp3) is 0.833. The first-order valence-corrected chi connectivity index (χ1v) is 8.29. The smallest absolute Gasteiger partial charge is 0.368 e. The van der Waals surface area contributed by atoms with Gasteiger partial charge in [0.2, 0.25) is 6.17 Å². The second-order valence-corrected chi connectivity index (χ2v) is 7.49. The summed E-state index contributed by atoms with van der Waals surface area (Å²) < 4.78 is 79.6. The van der Waals surface area contributed by atoms with Gasteiger partial charge in [-0.1, -0.05) is 0 Å². The highest BCUT2D eigenvalue weighted by atomic mass is 32.2. The van der Waals surface area contributed by atoms with Crippen molar-refractivity contribution in [3.8, 4) is 0 Å². The minimum atomic E-state index is -6.22. The molecule has 23 heavy (non-hydrogen) atoms. The summed E-state index contributed by atoms with van der Waals surface area (Å²) in [6.07, 6.45) is -2.71. The number of halogens is 3. The lowest BCUT2D eigenvalue weighted by molar-refractivity contribution is -0.159. The molecule has 0 aromatic heterocycles. The van der Waals surface area contributed by atoms with Gasteiger partial charge in [0, 0.05) is 5.92 Å². The summed E-state index contributed by atoms with van der Waals surface area (Å²) in [5, 5.41) is -5.20. The van der Waals surface area contributed by atoms with E-state index >= 15 is 0 Å². The Morgan fingerprint density at radius 2 is 2.09 bits per heavy atom. The Balaban J connectivity index is 1.64. The fourth-order valence-corrected chi connectivity index (χ4v) is 4.21. The number of esters is 2. The van der Waals surface area contributed by atoms with Crippen LogP contribution in [0.4, 0.5) is 13.2 Å². The van der Waals surface area contributed by atoms with E-state index in [9.17, 15) is 35.7 Å². The predicted octanol–water partition coefficient (Wildman–Crippen LogP) is 0.203. The molecule has 1 aliphatic heterocycles. The van der Waals surface area contributed by atoms with Crippen molar-refractivity contribution in [1.82, 2.24) is 0 Å². The van der Waals surface area contributed by atoms with E-state index in [1.165, 1.54) is 0 Å². The third kappa shape index (κ3) is 2.40. The molecule has 0 amide bonds. The number of hydrogen-bond acceptors (Lipinski definition) is 7. The summed E-state index contributed by atoms with van der Waals surface area (Å²) in [7, 11) is -6.22. The number of fused-ring (bicyclic) bond motifs is 1. The highest BCUT2D eigenvalue weighted by Gasteiger charge is 2.64. The molecule has 0 spiro atoms. The van der Waals surface area contributed by atoms with Gasteiger partial charge in [0.1, 0.15) is 12.7 Å². The van der Waals surface area contributed by atoms with Gasteiger partial charge in [-0.25, -0.2) is 12.8 Å². The van der Waals surface area contributed by atoms with Gasteiger partial charge in [-0.05, 0) is 18.8 Å². The molecule has 6 unspecified atom stereocenters. The van der Waals surface area contributed by atoms with Crippen LogP contribution in [0.5, 0.6) is 0 Å². The molecule has 0 aromatic rings. The Morgan fingerprint density at radius 3 is 2.70 bits per heavy atom. The number of hydrogen-bond donors (Lipinski definition) is 0. The van der Waals surface area contributed by atoms with Gasteiger partial charge in [0.15, 0.2) is 10.1 Å². The summed E-state index contributed by atoms with van der Waals surface area (Å²) >= 11 is 0. The van der Waals surface area contributed by atoms with Crippen molar-refractivity contribution in [2.75, 3.05) is 6.61 Å². The zero-order chi connectivity index (χ0) is 17.2. The summed E-state index contributed by atoms with van der Waals surface area (Å²) in [4.78, 5) is 23.7. The lowest BCUT2D eigenvalue weighted by atomic mass is 9.80. The highest BCUT2D eigenvalue weighted by molar-refractivity contribution is 7.86. The predicted molar refractivity (Wildman–Crippen MR) is 63.6 cm³/mol. The first-order valence-electron chi connectivity index (χ1n) is 6.88. The van der Waals surface area contributed by atoms with Crippen molar-refractivity contribution in [3.05, 3.63) is 0 Å². The van der Waals surface area contributed by atoms with Gasteiger partial charge >= 0.3 is 17.2 Å². The Hall–Kier alpha value is -1.36. The quantitative estimate of drug-likeness (QED) is 0.511. The second-order valence-electron chi connectivity index (χ2n) is 6.04. The molecular formula is C12H12F3O7S-. The molecule has 6 atom stereocenters. The molecular weight excluding hydrogens is 345 g/mol. The fourth-order valence-electron chi connectivity index (χ4n) is 3.83. The van der Waals surface area contributed by atoms with E-state index in [1.807, 2.05) is 0 Å². The van der Waals surface area contributed by atoms with Crippen LogP contribution in [0.1, 0.15) is 12.8 Å². The number of rotatable bonds is 5. The van der Waals surface area contributed by atoms with Crippen LogP contribution < -0.4 is 0 Å². The number of carbonyl (C=O) groups excluding carboxylic acids is 2. The molecule has 2 saturated carbocycles. The average Bonchev–Trinajstić information content (AvgIpc) is 3.04. The maximum absolute atomic E-state index is 13.3. The molecule has 2 aliphatic carbocycles. The molecule has 3 fully saturated rings. The number of alkyl halides is 3. The van der Waals surface area contributed by atoms with E-state index in [1.54, 1.807) is 0 Å². The van der Waals surface area contributed by atoms with E-state index in [0.717, 1.165) is 0 Å². The minimum Gasteiger partial charge on any atom is -0.743 e. The van der Waals surface area contributed by atoms with Gasteiger partial charge in [-0.3, -0.25) is 9.59 Å². The lowest BCUT2D eigenvalue weighted by Crippen LogP contribution is -2.42. The molecule has 2 bridgehead atoms. The van der Waals surface area contributed by atoms with E-state index in [-0.39, 0.29) is 17.9 Å². The van der Waals surface area contributed by atoms with Crippen LogP contribution in [0, 0.1) is 23.7 Å². The minimum absolute atomic E-state index is 0.130. The maximum atomic E-state index is 13.3. The van der Waals surface area contributed by atoms with Crippen LogP contribution in [-0.4, -0.2) is 49.0 Å². The average molecular weight is 357 g/mol. The van der Waals surface area contributed by atoms with Crippen LogP contribution in [0.3, 0.4) is 0 Å². The van der Waals surface area contributed by atoms with Gasteiger partial charge in [-0.15, -0.1) is 0 Å². The second kappa shape index (κ2) is 5.07. The molecule has 1 saturated heterocycles. The van der Waals surface area contributed by atoms with Crippen molar-refractivity contribution in [2.24, 2.45) is 23.7 Å². The van der Waals surface area contributed by atoms with Crippen molar-refractivity contribution in [1.29, 1.82) is 0 Å². The largest absolute Gasteiger partial charge is 0.743 e.